The molecule has 1 aromatic rings. The molecule has 0 spiro atoms. The number of piperidine rings is 1. The molecule has 2 heterocycles. The maximum atomic E-state index is 13.3. The van der Waals surface area contributed by atoms with Crippen molar-refractivity contribution in [2.24, 2.45) is 5.92 Å². The molecule has 3 rings (SSSR count). The molecule has 2 amide bonds. The molecular weight excluding hydrogens is 321 g/mol. The molecule has 0 radical (unpaired) electrons. The summed E-state index contributed by atoms with van der Waals surface area (Å²) in [5, 5.41) is 3.34. The number of nitrogens with one attached hydrogen (secondary N) is 1. The fraction of sp³-hybridized carbons (Fsp3) is 0.579. The maximum Gasteiger partial charge on any atom is 0.254 e. The van der Waals surface area contributed by atoms with Crippen molar-refractivity contribution in [3.8, 4) is 0 Å². The molecule has 1 aromatic carbocycles. The molecule has 0 unspecified atom stereocenters. The van der Waals surface area contributed by atoms with Gasteiger partial charge in [0.05, 0.1) is 0 Å². The Bertz CT molecular complexity index is 608. The van der Waals surface area contributed by atoms with E-state index in [1.165, 1.54) is 12.1 Å². The van der Waals surface area contributed by atoms with Gasteiger partial charge in [-0.15, -0.1) is 0 Å². The van der Waals surface area contributed by atoms with Crippen LogP contribution in [0.4, 0.5) is 4.39 Å². The predicted molar refractivity (Wildman–Crippen MR) is 93.7 cm³/mol. The highest BCUT2D eigenvalue weighted by Gasteiger charge is 2.25. The lowest BCUT2D eigenvalue weighted by atomic mass is 9.93. The van der Waals surface area contributed by atoms with Crippen LogP contribution in [0.1, 0.15) is 36.0 Å². The average molecular weight is 347 g/mol. The van der Waals surface area contributed by atoms with E-state index in [0.717, 1.165) is 32.4 Å². The van der Waals surface area contributed by atoms with Gasteiger partial charge in [0.1, 0.15) is 5.82 Å². The van der Waals surface area contributed by atoms with Crippen LogP contribution >= 0.6 is 0 Å². The van der Waals surface area contributed by atoms with Crippen LogP contribution in [0, 0.1) is 11.7 Å². The van der Waals surface area contributed by atoms with Crippen molar-refractivity contribution >= 4 is 11.8 Å². The first-order valence-electron chi connectivity index (χ1n) is 9.17. The molecule has 2 aliphatic rings. The Kier molecular flexibility index (Phi) is 6.02. The monoisotopic (exact) mass is 347 g/mol. The van der Waals surface area contributed by atoms with Crippen LogP contribution in [0.3, 0.4) is 0 Å². The molecule has 0 atom stereocenters. The summed E-state index contributed by atoms with van der Waals surface area (Å²) in [6.07, 6.45) is 3.87. The second-order valence-corrected chi connectivity index (χ2v) is 6.92. The number of piperazine rings is 1. The fourth-order valence-electron chi connectivity index (χ4n) is 3.62. The van der Waals surface area contributed by atoms with E-state index in [1.54, 1.807) is 17.0 Å². The van der Waals surface area contributed by atoms with Crippen molar-refractivity contribution < 1.29 is 14.0 Å². The summed E-state index contributed by atoms with van der Waals surface area (Å²) in [6.45, 7) is 4.25. The van der Waals surface area contributed by atoms with Crippen molar-refractivity contribution in [3.05, 3.63) is 35.6 Å². The third kappa shape index (κ3) is 4.78. The second kappa shape index (κ2) is 8.43. The molecule has 2 fully saturated rings. The topological polar surface area (TPSA) is 52.7 Å². The van der Waals surface area contributed by atoms with Gasteiger partial charge in [-0.3, -0.25) is 9.59 Å². The second-order valence-electron chi connectivity index (χ2n) is 6.92. The molecule has 0 aliphatic carbocycles. The van der Waals surface area contributed by atoms with Crippen molar-refractivity contribution in [1.82, 2.24) is 15.1 Å². The van der Waals surface area contributed by atoms with Crippen molar-refractivity contribution in [2.45, 2.75) is 25.7 Å². The van der Waals surface area contributed by atoms with Crippen LogP contribution in [0.5, 0.6) is 0 Å². The van der Waals surface area contributed by atoms with Gasteiger partial charge in [0, 0.05) is 38.2 Å². The third-order valence-electron chi connectivity index (χ3n) is 5.22. The van der Waals surface area contributed by atoms with Gasteiger partial charge < -0.3 is 15.1 Å². The number of hydrogen-bond acceptors (Lipinski definition) is 3. The smallest absolute Gasteiger partial charge is 0.254 e. The zero-order chi connectivity index (χ0) is 17.6. The number of benzene rings is 1. The third-order valence-corrected chi connectivity index (χ3v) is 5.22. The highest BCUT2D eigenvalue weighted by molar-refractivity contribution is 5.94. The Morgan fingerprint density at radius 3 is 2.44 bits per heavy atom. The largest absolute Gasteiger partial charge is 0.339 e. The van der Waals surface area contributed by atoms with Crippen LogP contribution in [0.2, 0.25) is 0 Å². The lowest BCUT2D eigenvalue weighted by Crippen LogP contribution is -2.50. The average Bonchev–Trinajstić information content (AvgIpc) is 2.66. The minimum absolute atomic E-state index is 0.165. The summed E-state index contributed by atoms with van der Waals surface area (Å²) in [5.74, 6) is 0.274. The standard InChI is InChI=1S/C19H26FN3O2/c20-17-3-1-2-16(14-17)19(25)23-12-10-22(11-13-23)18(24)5-4-15-6-8-21-9-7-15/h1-3,14-15,21H,4-13H2. The van der Waals surface area contributed by atoms with E-state index in [9.17, 15) is 14.0 Å². The fourth-order valence-corrected chi connectivity index (χ4v) is 3.62. The van der Waals surface area contributed by atoms with Crippen LogP contribution in [0.25, 0.3) is 0 Å². The Morgan fingerprint density at radius 2 is 1.76 bits per heavy atom. The summed E-state index contributed by atoms with van der Waals surface area (Å²) in [4.78, 5) is 28.4. The van der Waals surface area contributed by atoms with Crippen molar-refractivity contribution in [3.63, 3.8) is 0 Å². The van der Waals surface area contributed by atoms with Gasteiger partial charge in [-0.25, -0.2) is 4.39 Å². The number of carbonyl (C=O) groups excluding carboxylic acids is 2. The first kappa shape index (κ1) is 17.9. The lowest BCUT2D eigenvalue weighted by molar-refractivity contribution is -0.133. The Morgan fingerprint density at radius 1 is 1.08 bits per heavy atom. The molecule has 1 N–H and O–H groups in total. The van der Waals surface area contributed by atoms with Gasteiger partial charge in [-0.2, -0.15) is 0 Å². The van der Waals surface area contributed by atoms with Gasteiger partial charge in [0.25, 0.3) is 5.91 Å². The van der Waals surface area contributed by atoms with Crippen LogP contribution in [-0.2, 0) is 4.79 Å². The predicted octanol–water partition coefficient (Wildman–Crippen LogP) is 1.89. The van der Waals surface area contributed by atoms with E-state index in [-0.39, 0.29) is 11.8 Å². The Balaban J connectivity index is 1.44. The zero-order valence-corrected chi connectivity index (χ0v) is 14.5. The van der Waals surface area contributed by atoms with E-state index in [2.05, 4.69) is 5.32 Å². The number of carbonyl (C=O) groups is 2. The lowest BCUT2D eigenvalue weighted by Gasteiger charge is -2.35. The minimum atomic E-state index is -0.405. The first-order chi connectivity index (χ1) is 12.1. The van der Waals surface area contributed by atoms with Gasteiger partial charge in [0.15, 0.2) is 0 Å². The molecule has 2 saturated heterocycles. The molecule has 5 nitrogen and oxygen atoms in total. The quantitative estimate of drug-likeness (QED) is 0.905. The summed E-state index contributed by atoms with van der Waals surface area (Å²) in [7, 11) is 0. The van der Waals surface area contributed by atoms with E-state index in [4.69, 9.17) is 0 Å². The number of rotatable bonds is 4. The molecular formula is C19H26FN3O2. The van der Waals surface area contributed by atoms with E-state index >= 15 is 0 Å². The van der Waals surface area contributed by atoms with Gasteiger partial charge in [-0.1, -0.05) is 6.07 Å². The molecule has 6 heteroatoms. The Hall–Kier alpha value is -1.95. The number of amides is 2. The Labute approximate surface area is 148 Å². The molecule has 0 bridgehead atoms. The number of nitrogens with zero attached hydrogens (tertiary/aromatic N) is 2. The van der Waals surface area contributed by atoms with Crippen LogP contribution in [0.15, 0.2) is 24.3 Å². The first-order valence-corrected chi connectivity index (χ1v) is 9.17. The van der Waals surface area contributed by atoms with Crippen molar-refractivity contribution in [1.29, 1.82) is 0 Å². The van der Waals surface area contributed by atoms with Crippen LogP contribution in [-0.4, -0.2) is 60.9 Å². The normalized spacial score (nSPS) is 19.1. The van der Waals surface area contributed by atoms with Gasteiger partial charge in [0.2, 0.25) is 5.91 Å². The van der Waals surface area contributed by atoms with Gasteiger partial charge in [-0.05, 0) is 56.5 Å². The van der Waals surface area contributed by atoms with Crippen LogP contribution < -0.4 is 5.32 Å². The molecule has 0 aromatic heterocycles. The molecule has 2 aliphatic heterocycles. The zero-order valence-electron chi connectivity index (χ0n) is 14.5. The van der Waals surface area contributed by atoms with Gasteiger partial charge >= 0.3 is 0 Å². The summed E-state index contributed by atoms with van der Waals surface area (Å²) in [6, 6.07) is 5.76. The highest BCUT2D eigenvalue weighted by atomic mass is 19.1. The molecule has 25 heavy (non-hydrogen) atoms. The molecule has 136 valence electrons. The summed E-state index contributed by atoms with van der Waals surface area (Å²) < 4.78 is 13.3. The van der Waals surface area contributed by atoms with E-state index in [0.29, 0.717) is 44.1 Å². The summed E-state index contributed by atoms with van der Waals surface area (Å²) in [5.41, 5.74) is 0.366. The maximum absolute atomic E-state index is 13.3. The van der Waals surface area contributed by atoms with E-state index < -0.39 is 5.82 Å². The highest BCUT2D eigenvalue weighted by Crippen LogP contribution is 2.19. The van der Waals surface area contributed by atoms with E-state index in [1.807, 2.05) is 4.90 Å². The molecule has 0 saturated carbocycles. The SMILES string of the molecule is O=C(CCC1CCNCC1)N1CCN(C(=O)c2cccc(F)c2)CC1. The summed E-state index contributed by atoms with van der Waals surface area (Å²) >= 11 is 0. The number of halogens is 1. The van der Waals surface area contributed by atoms with Crippen molar-refractivity contribution in [2.75, 3.05) is 39.3 Å². The minimum Gasteiger partial charge on any atom is -0.339 e. The number of hydrogen-bond donors (Lipinski definition) is 1.